The molecule has 0 heterocycles. The van der Waals surface area contributed by atoms with Gasteiger partial charge in [-0.05, 0) is 66.5 Å². The van der Waals surface area contributed by atoms with Crippen molar-refractivity contribution in [1.82, 2.24) is 0 Å². The maximum absolute atomic E-state index is 13.3. The lowest BCUT2D eigenvalue weighted by molar-refractivity contribution is -0.140. The van der Waals surface area contributed by atoms with Gasteiger partial charge < -0.3 is 5.73 Å². The lowest BCUT2D eigenvalue weighted by atomic mass is 9.92. The predicted octanol–water partition coefficient (Wildman–Crippen LogP) is 4.14. The Morgan fingerprint density at radius 3 is 2.29 bits per heavy atom. The van der Waals surface area contributed by atoms with E-state index in [0.29, 0.717) is 23.3 Å². The van der Waals surface area contributed by atoms with Gasteiger partial charge in [-0.3, -0.25) is 0 Å². The van der Waals surface area contributed by atoms with E-state index in [1.54, 1.807) is 0 Å². The molecule has 0 aromatic heterocycles. The number of alkyl halides is 3. The molecule has 5 unspecified atom stereocenters. The fourth-order valence-corrected chi connectivity index (χ4v) is 5.06. The molecule has 2 bridgehead atoms. The Balaban J connectivity index is 1.60. The van der Waals surface area contributed by atoms with E-state index in [-0.39, 0.29) is 0 Å². The molecule has 2 N–H and O–H groups in total. The number of rotatable bonds is 2. The van der Waals surface area contributed by atoms with Gasteiger partial charge >= 0.3 is 6.18 Å². The highest BCUT2D eigenvalue weighted by Crippen LogP contribution is 2.71. The fourth-order valence-electron chi connectivity index (χ4n) is 5.06. The van der Waals surface area contributed by atoms with E-state index in [2.05, 4.69) is 0 Å². The summed E-state index contributed by atoms with van der Waals surface area (Å²) in [5.41, 5.74) is 5.43. The molecule has 1 aromatic carbocycles. The highest BCUT2D eigenvalue weighted by molar-refractivity contribution is 5.32. The molecule has 3 fully saturated rings. The number of nitrogens with two attached hydrogens (primary N) is 1. The largest absolute Gasteiger partial charge is 0.419 e. The number of benzene rings is 1. The monoisotopic (exact) mass is 299 g/mol. The standard InChI is InChI=1S/C16H17F4N/c17-11-4-3-9(6-10(11)16(18,19)20)15(21)14-12-7-1-2-8(5-7)13(12)14/h3-4,6-8,12-15H,1-2,5,21H2. The smallest absolute Gasteiger partial charge is 0.324 e. The van der Waals surface area contributed by atoms with Crippen LogP contribution in [0.25, 0.3) is 0 Å². The minimum Gasteiger partial charge on any atom is -0.324 e. The minimum atomic E-state index is -4.67. The molecular weight excluding hydrogens is 282 g/mol. The van der Waals surface area contributed by atoms with Crippen molar-refractivity contribution in [1.29, 1.82) is 0 Å². The Morgan fingerprint density at radius 2 is 1.71 bits per heavy atom. The quantitative estimate of drug-likeness (QED) is 0.816. The highest BCUT2D eigenvalue weighted by Gasteiger charge is 2.66. The van der Waals surface area contributed by atoms with E-state index in [4.69, 9.17) is 5.73 Å². The molecule has 1 nitrogen and oxygen atoms in total. The summed E-state index contributed by atoms with van der Waals surface area (Å²) in [6.07, 6.45) is -0.910. The zero-order chi connectivity index (χ0) is 14.9. The van der Waals surface area contributed by atoms with Crippen molar-refractivity contribution in [3.05, 3.63) is 35.1 Å². The van der Waals surface area contributed by atoms with E-state index >= 15 is 0 Å². The van der Waals surface area contributed by atoms with E-state index < -0.39 is 23.6 Å². The van der Waals surface area contributed by atoms with Gasteiger partial charge in [0.05, 0.1) is 5.56 Å². The van der Waals surface area contributed by atoms with Gasteiger partial charge in [-0.1, -0.05) is 6.07 Å². The van der Waals surface area contributed by atoms with Gasteiger partial charge in [-0.2, -0.15) is 13.2 Å². The van der Waals surface area contributed by atoms with Crippen LogP contribution in [0.4, 0.5) is 17.6 Å². The molecule has 0 spiro atoms. The minimum absolute atomic E-state index is 0.294. The molecule has 114 valence electrons. The van der Waals surface area contributed by atoms with Crippen LogP contribution in [0.15, 0.2) is 18.2 Å². The first kappa shape index (κ1) is 13.6. The second-order valence-electron chi connectivity index (χ2n) is 6.83. The maximum atomic E-state index is 13.3. The van der Waals surface area contributed by atoms with Crippen molar-refractivity contribution in [2.75, 3.05) is 0 Å². The molecule has 1 aromatic rings. The molecule has 0 amide bonds. The first-order valence-corrected chi connectivity index (χ1v) is 7.50. The van der Waals surface area contributed by atoms with E-state index in [1.165, 1.54) is 25.3 Å². The molecule has 0 aliphatic heterocycles. The van der Waals surface area contributed by atoms with E-state index in [9.17, 15) is 17.6 Å². The number of hydrogen-bond donors (Lipinski definition) is 1. The zero-order valence-electron chi connectivity index (χ0n) is 11.4. The third-order valence-electron chi connectivity index (χ3n) is 5.89. The number of halogens is 4. The van der Waals surface area contributed by atoms with Gasteiger partial charge in [0.1, 0.15) is 5.82 Å². The van der Waals surface area contributed by atoms with Crippen molar-refractivity contribution in [3.63, 3.8) is 0 Å². The first-order chi connectivity index (χ1) is 9.88. The molecule has 5 atom stereocenters. The van der Waals surface area contributed by atoms with Crippen LogP contribution in [0.3, 0.4) is 0 Å². The average Bonchev–Trinajstić information content (AvgIpc) is 2.85. The number of fused-ring (bicyclic) bond motifs is 5. The van der Waals surface area contributed by atoms with Crippen LogP contribution in [0.2, 0.25) is 0 Å². The summed E-state index contributed by atoms with van der Waals surface area (Å²) in [6, 6.07) is 2.80. The summed E-state index contributed by atoms with van der Waals surface area (Å²) in [4.78, 5) is 0. The molecule has 3 saturated carbocycles. The Bertz CT molecular complexity index is 566. The van der Waals surface area contributed by atoms with E-state index in [1.807, 2.05) is 0 Å². The molecule has 5 heteroatoms. The fraction of sp³-hybridized carbons (Fsp3) is 0.625. The van der Waals surface area contributed by atoms with Gasteiger partial charge in [0, 0.05) is 6.04 Å². The predicted molar refractivity (Wildman–Crippen MR) is 69.6 cm³/mol. The summed E-state index contributed by atoms with van der Waals surface area (Å²) >= 11 is 0. The van der Waals surface area contributed by atoms with Crippen molar-refractivity contribution >= 4 is 0 Å². The van der Waals surface area contributed by atoms with E-state index in [0.717, 1.165) is 24.0 Å². The molecule has 4 rings (SSSR count). The van der Waals surface area contributed by atoms with Crippen LogP contribution in [-0.2, 0) is 6.18 Å². The molecular formula is C16H17F4N. The van der Waals surface area contributed by atoms with Crippen molar-refractivity contribution < 1.29 is 17.6 Å². The van der Waals surface area contributed by atoms with Crippen molar-refractivity contribution in [2.45, 2.75) is 31.5 Å². The lowest BCUT2D eigenvalue weighted by Gasteiger charge is -2.18. The molecule has 21 heavy (non-hydrogen) atoms. The highest BCUT2D eigenvalue weighted by atomic mass is 19.4. The second-order valence-corrected chi connectivity index (χ2v) is 6.83. The first-order valence-electron chi connectivity index (χ1n) is 7.50. The van der Waals surface area contributed by atoms with Crippen LogP contribution in [0, 0.1) is 35.4 Å². The van der Waals surface area contributed by atoms with Crippen LogP contribution >= 0.6 is 0 Å². The Labute approximate surface area is 120 Å². The van der Waals surface area contributed by atoms with Gasteiger partial charge in [-0.25, -0.2) is 4.39 Å². The van der Waals surface area contributed by atoms with Crippen molar-refractivity contribution in [2.24, 2.45) is 35.3 Å². The summed E-state index contributed by atoms with van der Waals surface area (Å²) in [6.45, 7) is 0. The topological polar surface area (TPSA) is 26.0 Å². The number of hydrogen-bond acceptors (Lipinski definition) is 1. The zero-order valence-corrected chi connectivity index (χ0v) is 11.4. The average molecular weight is 299 g/mol. The Kier molecular flexibility index (Phi) is 2.72. The van der Waals surface area contributed by atoms with Gasteiger partial charge in [-0.15, -0.1) is 0 Å². The lowest BCUT2D eigenvalue weighted by Crippen LogP contribution is -2.19. The molecule has 3 aliphatic carbocycles. The third kappa shape index (κ3) is 1.93. The third-order valence-corrected chi connectivity index (χ3v) is 5.89. The van der Waals surface area contributed by atoms with Gasteiger partial charge in [0.25, 0.3) is 0 Å². The summed E-state index contributed by atoms with van der Waals surface area (Å²) < 4.78 is 51.7. The summed E-state index contributed by atoms with van der Waals surface area (Å²) in [5.74, 6) is 1.70. The van der Waals surface area contributed by atoms with Gasteiger partial charge in [0.15, 0.2) is 0 Å². The normalized spacial score (nSPS) is 38.4. The van der Waals surface area contributed by atoms with Crippen LogP contribution in [0.5, 0.6) is 0 Å². The summed E-state index contributed by atoms with van der Waals surface area (Å²) in [7, 11) is 0. The Morgan fingerprint density at radius 1 is 1.10 bits per heavy atom. The second kappa shape index (κ2) is 4.22. The SMILES string of the molecule is NC(c1ccc(F)c(C(F)(F)F)c1)C1C2C3CCC(C3)C21. The van der Waals surface area contributed by atoms with Crippen LogP contribution in [-0.4, -0.2) is 0 Å². The molecule has 0 radical (unpaired) electrons. The molecule has 0 saturated heterocycles. The van der Waals surface area contributed by atoms with Crippen LogP contribution < -0.4 is 5.73 Å². The molecule has 3 aliphatic rings. The Hall–Kier alpha value is -1.10. The summed E-state index contributed by atoms with van der Waals surface area (Å²) in [5, 5.41) is 0. The maximum Gasteiger partial charge on any atom is 0.419 e. The van der Waals surface area contributed by atoms with Crippen molar-refractivity contribution in [3.8, 4) is 0 Å². The van der Waals surface area contributed by atoms with Gasteiger partial charge in [0.2, 0.25) is 0 Å². The van der Waals surface area contributed by atoms with Crippen LogP contribution in [0.1, 0.15) is 36.4 Å².